The van der Waals surface area contributed by atoms with E-state index in [9.17, 15) is 8.42 Å². The number of nitrogens with zero attached hydrogens (tertiary/aromatic N) is 2. The molecule has 2 fully saturated rings. The predicted octanol–water partition coefficient (Wildman–Crippen LogP) is 1.22. The molecule has 6 nitrogen and oxygen atoms in total. The number of aromatic nitrogens is 2. The minimum absolute atomic E-state index is 0.0417. The van der Waals surface area contributed by atoms with Gasteiger partial charge in [0.1, 0.15) is 0 Å². The lowest BCUT2D eigenvalue weighted by molar-refractivity contribution is 0.280. The quantitative estimate of drug-likeness (QED) is 0.871. The van der Waals surface area contributed by atoms with Crippen LogP contribution in [0.1, 0.15) is 32.6 Å². The average molecular weight is 302 g/mol. The fourth-order valence-corrected chi connectivity index (χ4v) is 5.71. The van der Waals surface area contributed by atoms with E-state index in [1.807, 2.05) is 6.92 Å². The number of fused-ring (bicyclic) bond motifs is 2. The smallest absolute Gasteiger partial charge is 0.270 e. The first-order valence-corrected chi connectivity index (χ1v) is 8.87. The topological polar surface area (TPSA) is 98.0 Å². The van der Waals surface area contributed by atoms with Crippen molar-refractivity contribution in [2.75, 3.05) is 5.73 Å². The van der Waals surface area contributed by atoms with Crippen molar-refractivity contribution in [3.05, 3.63) is 0 Å². The molecule has 0 radical (unpaired) electrons. The molecule has 1 aromatic heterocycles. The second-order valence-corrected chi connectivity index (χ2v) is 8.55. The monoisotopic (exact) mass is 302 g/mol. The van der Waals surface area contributed by atoms with Gasteiger partial charge in [-0.25, -0.2) is 13.1 Å². The molecule has 0 aromatic carbocycles. The predicted molar refractivity (Wildman–Crippen MR) is 73.0 cm³/mol. The van der Waals surface area contributed by atoms with Crippen molar-refractivity contribution in [1.29, 1.82) is 0 Å². The maximum Gasteiger partial charge on any atom is 0.270 e. The normalized spacial score (nSPS) is 31.7. The van der Waals surface area contributed by atoms with Gasteiger partial charge in [-0.1, -0.05) is 17.8 Å². The Morgan fingerprint density at radius 2 is 2.16 bits per heavy atom. The van der Waals surface area contributed by atoms with Gasteiger partial charge in [0.25, 0.3) is 10.0 Å². The van der Waals surface area contributed by atoms with Crippen LogP contribution in [-0.4, -0.2) is 24.7 Å². The molecule has 2 aliphatic carbocycles. The second kappa shape index (κ2) is 4.68. The Kier molecular flexibility index (Phi) is 3.26. The van der Waals surface area contributed by atoms with Crippen LogP contribution in [0.4, 0.5) is 5.13 Å². The lowest BCUT2D eigenvalue weighted by Crippen LogP contribution is -2.40. The molecule has 106 valence electrons. The highest BCUT2D eigenvalue weighted by Crippen LogP contribution is 2.49. The summed E-state index contributed by atoms with van der Waals surface area (Å²) in [5.41, 5.74) is 5.43. The molecular weight excluding hydrogens is 284 g/mol. The van der Waals surface area contributed by atoms with Crippen LogP contribution in [0.3, 0.4) is 0 Å². The van der Waals surface area contributed by atoms with Crippen molar-refractivity contribution in [3.8, 4) is 0 Å². The molecule has 0 saturated heterocycles. The van der Waals surface area contributed by atoms with Gasteiger partial charge in [0.05, 0.1) is 0 Å². The zero-order chi connectivity index (χ0) is 13.6. The second-order valence-electron chi connectivity index (χ2n) is 5.65. The van der Waals surface area contributed by atoms with E-state index in [0.29, 0.717) is 11.8 Å². The molecule has 2 bridgehead atoms. The summed E-state index contributed by atoms with van der Waals surface area (Å²) < 4.78 is 27.0. The summed E-state index contributed by atoms with van der Waals surface area (Å²) >= 11 is 0.900. The van der Waals surface area contributed by atoms with Gasteiger partial charge in [0, 0.05) is 6.04 Å². The van der Waals surface area contributed by atoms with Gasteiger partial charge >= 0.3 is 0 Å². The molecule has 8 heteroatoms. The Labute approximate surface area is 116 Å². The van der Waals surface area contributed by atoms with E-state index in [-0.39, 0.29) is 15.5 Å². The molecule has 4 atom stereocenters. The Balaban J connectivity index is 1.71. The maximum atomic E-state index is 12.2. The van der Waals surface area contributed by atoms with Crippen LogP contribution in [0.25, 0.3) is 0 Å². The molecule has 2 saturated carbocycles. The third kappa shape index (κ3) is 2.48. The van der Waals surface area contributed by atoms with E-state index in [4.69, 9.17) is 5.73 Å². The lowest BCUT2D eigenvalue weighted by Gasteiger charge is -2.27. The van der Waals surface area contributed by atoms with Crippen LogP contribution in [0.5, 0.6) is 0 Å². The van der Waals surface area contributed by atoms with Gasteiger partial charge in [-0.3, -0.25) is 0 Å². The summed E-state index contributed by atoms with van der Waals surface area (Å²) in [5.74, 6) is 1.94. The molecule has 0 aliphatic heterocycles. The summed E-state index contributed by atoms with van der Waals surface area (Å²) in [5, 5.41) is 7.34. The van der Waals surface area contributed by atoms with E-state index < -0.39 is 10.0 Å². The fourth-order valence-electron chi connectivity index (χ4n) is 3.62. The number of hydrogen-bond acceptors (Lipinski definition) is 6. The number of nitrogen functional groups attached to an aromatic ring is 1. The van der Waals surface area contributed by atoms with Crippen molar-refractivity contribution in [2.45, 2.75) is 43.0 Å². The maximum absolute atomic E-state index is 12.2. The summed E-state index contributed by atoms with van der Waals surface area (Å²) in [6.45, 7) is 1.95. The minimum atomic E-state index is -3.58. The number of anilines is 1. The third-order valence-electron chi connectivity index (χ3n) is 4.43. The highest BCUT2D eigenvalue weighted by atomic mass is 32.2. The molecule has 1 heterocycles. The molecule has 1 aromatic rings. The van der Waals surface area contributed by atoms with Gasteiger partial charge in [-0.2, -0.15) is 0 Å². The number of rotatable bonds is 4. The van der Waals surface area contributed by atoms with Crippen molar-refractivity contribution >= 4 is 26.5 Å². The summed E-state index contributed by atoms with van der Waals surface area (Å²) in [4.78, 5) is 0. The van der Waals surface area contributed by atoms with Gasteiger partial charge in [0.15, 0.2) is 0 Å². The van der Waals surface area contributed by atoms with Crippen LogP contribution < -0.4 is 10.5 Å². The highest BCUT2D eigenvalue weighted by molar-refractivity contribution is 7.91. The average Bonchev–Trinajstić information content (AvgIpc) is 3.02. The van der Waals surface area contributed by atoms with E-state index in [2.05, 4.69) is 14.9 Å². The molecule has 0 spiro atoms. The fraction of sp³-hybridized carbons (Fsp3) is 0.818. The van der Waals surface area contributed by atoms with Gasteiger partial charge in [-0.15, -0.1) is 10.2 Å². The van der Waals surface area contributed by atoms with Crippen molar-refractivity contribution in [3.63, 3.8) is 0 Å². The number of nitrogens with two attached hydrogens (primary N) is 1. The van der Waals surface area contributed by atoms with Gasteiger partial charge in [0.2, 0.25) is 9.47 Å². The lowest BCUT2D eigenvalue weighted by atomic mass is 9.84. The zero-order valence-corrected chi connectivity index (χ0v) is 12.4. The van der Waals surface area contributed by atoms with Crippen LogP contribution in [0.2, 0.25) is 0 Å². The Morgan fingerprint density at radius 3 is 2.68 bits per heavy atom. The molecule has 0 amide bonds. The Hall–Kier alpha value is -0.730. The largest absolute Gasteiger partial charge is 0.374 e. The first-order valence-electron chi connectivity index (χ1n) is 6.57. The molecule has 19 heavy (non-hydrogen) atoms. The van der Waals surface area contributed by atoms with Crippen LogP contribution in [0, 0.1) is 17.8 Å². The van der Waals surface area contributed by atoms with Crippen LogP contribution >= 0.6 is 11.3 Å². The molecule has 3 N–H and O–H groups in total. The summed E-state index contributed by atoms with van der Waals surface area (Å²) in [6.07, 6.45) is 4.97. The third-order valence-corrected chi connectivity index (χ3v) is 7.11. The van der Waals surface area contributed by atoms with Gasteiger partial charge < -0.3 is 5.73 Å². The Bertz CT molecular complexity index is 571. The standard InChI is InChI=1S/C11H18N4O2S2/c1-6(9-5-7-2-3-8(9)4-7)15-19(16,17)11-14-13-10(12)18-11/h6-9,15H,2-5H2,1H3,(H2,12,13). The highest BCUT2D eigenvalue weighted by Gasteiger charge is 2.42. The zero-order valence-electron chi connectivity index (χ0n) is 10.7. The SMILES string of the molecule is CC(NS(=O)(=O)c1nnc(N)s1)C1CC2CCC1C2. The summed E-state index contributed by atoms with van der Waals surface area (Å²) in [7, 11) is -3.58. The van der Waals surface area contributed by atoms with Crippen molar-refractivity contribution < 1.29 is 8.42 Å². The van der Waals surface area contributed by atoms with Crippen LogP contribution in [-0.2, 0) is 10.0 Å². The first kappa shape index (κ1) is 13.3. The van der Waals surface area contributed by atoms with E-state index in [0.717, 1.165) is 23.7 Å². The summed E-state index contributed by atoms with van der Waals surface area (Å²) in [6, 6.07) is -0.0505. The van der Waals surface area contributed by atoms with Gasteiger partial charge in [-0.05, 0) is 43.9 Å². The molecule has 4 unspecified atom stereocenters. The van der Waals surface area contributed by atoms with Crippen LogP contribution in [0.15, 0.2) is 4.34 Å². The molecule has 2 aliphatic rings. The number of hydrogen-bond donors (Lipinski definition) is 2. The van der Waals surface area contributed by atoms with Crippen molar-refractivity contribution in [1.82, 2.24) is 14.9 Å². The first-order chi connectivity index (χ1) is 8.95. The van der Waals surface area contributed by atoms with E-state index in [1.54, 1.807) is 0 Å². The van der Waals surface area contributed by atoms with E-state index in [1.165, 1.54) is 19.3 Å². The Morgan fingerprint density at radius 1 is 1.37 bits per heavy atom. The molecule has 3 rings (SSSR count). The van der Waals surface area contributed by atoms with E-state index >= 15 is 0 Å². The van der Waals surface area contributed by atoms with Crippen molar-refractivity contribution in [2.24, 2.45) is 17.8 Å². The number of nitrogens with one attached hydrogen (secondary N) is 1. The molecular formula is C11H18N4O2S2. The number of sulfonamides is 1. The minimum Gasteiger partial charge on any atom is -0.374 e.